The topological polar surface area (TPSA) is 115 Å². The van der Waals surface area contributed by atoms with Gasteiger partial charge >= 0.3 is 0 Å². The number of aliphatic hydroxyl groups is 2. The minimum atomic E-state index is -0.601. The predicted molar refractivity (Wildman–Crippen MR) is 120 cm³/mol. The van der Waals surface area contributed by atoms with E-state index < -0.39 is 5.60 Å². The molecule has 0 saturated heterocycles. The van der Waals surface area contributed by atoms with Gasteiger partial charge in [-0.05, 0) is 99.4 Å². The van der Waals surface area contributed by atoms with Crippen molar-refractivity contribution in [1.29, 1.82) is 5.41 Å². The minimum absolute atomic E-state index is 0.103. The normalized spacial score (nSPS) is 48.7. The Morgan fingerprint density at radius 2 is 1.87 bits per heavy atom. The lowest BCUT2D eigenvalue weighted by Crippen LogP contribution is -2.62. The molecule has 0 aromatic rings. The molecule has 0 spiro atoms. The molecular weight excluding hydrogens is 376 g/mol. The van der Waals surface area contributed by atoms with Gasteiger partial charge in [-0.2, -0.15) is 5.10 Å². The monoisotopic (exact) mass is 416 g/mol. The number of guanidine groups is 1. The van der Waals surface area contributed by atoms with E-state index in [1.807, 2.05) is 6.92 Å². The molecule has 168 valence electrons. The van der Waals surface area contributed by atoms with Gasteiger partial charge in [-0.1, -0.05) is 19.9 Å². The van der Waals surface area contributed by atoms with E-state index >= 15 is 0 Å². The molecule has 0 bridgehead atoms. The van der Waals surface area contributed by atoms with E-state index in [1.54, 1.807) is 6.21 Å². The molecule has 4 aliphatic rings. The van der Waals surface area contributed by atoms with E-state index in [1.165, 1.54) is 6.42 Å². The number of hydrogen-bond acceptors (Lipinski definition) is 4. The quantitative estimate of drug-likeness (QED) is 0.275. The van der Waals surface area contributed by atoms with Crippen LogP contribution in [0.2, 0.25) is 0 Å². The molecular formula is C24H40N4O2. The van der Waals surface area contributed by atoms with Crippen LogP contribution >= 0.6 is 0 Å². The molecule has 6 heteroatoms. The maximum atomic E-state index is 12.2. The predicted octanol–water partition coefficient (Wildman–Crippen LogP) is 3.54. The molecule has 0 heterocycles. The number of nitrogens with two attached hydrogens (primary N) is 1. The second kappa shape index (κ2) is 7.63. The first kappa shape index (κ1) is 21.8. The summed E-state index contributed by atoms with van der Waals surface area (Å²) >= 11 is 0. The fourth-order valence-electron chi connectivity index (χ4n) is 8.08. The van der Waals surface area contributed by atoms with E-state index in [0.717, 1.165) is 56.9 Å². The summed E-state index contributed by atoms with van der Waals surface area (Å²) in [5.41, 5.74) is 8.36. The summed E-state index contributed by atoms with van der Waals surface area (Å²) in [4.78, 5) is 0. The van der Waals surface area contributed by atoms with Crippen LogP contribution in [0.3, 0.4) is 0 Å². The molecule has 0 aromatic heterocycles. The van der Waals surface area contributed by atoms with E-state index in [-0.39, 0.29) is 22.9 Å². The van der Waals surface area contributed by atoms with Crippen molar-refractivity contribution in [1.82, 2.24) is 5.43 Å². The molecule has 4 saturated carbocycles. The van der Waals surface area contributed by atoms with Gasteiger partial charge in [0, 0.05) is 11.6 Å². The highest BCUT2D eigenvalue weighted by Crippen LogP contribution is 2.69. The lowest BCUT2D eigenvalue weighted by atomic mass is 9.43. The van der Waals surface area contributed by atoms with Crippen LogP contribution in [0.1, 0.15) is 78.6 Å². The second-order valence-electron chi connectivity index (χ2n) is 11.1. The van der Waals surface area contributed by atoms with Crippen LogP contribution in [-0.4, -0.2) is 34.1 Å². The molecule has 0 unspecified atom stereocenters. The maximum absolute atomic E-state index is 12.2. The highest BCUT2D eigenvalue weighted by Gasteiger charge is 2.66. The van der Waals surface area contributed by atoms with Crippen molar-refractivity contribution in [2.45, 2.75) is 90.3 Å². The first-order valence-corrected chi connectivity index (χ1v) is 11.8. The summed E-state index contributed by atoms with van der Waals surface area (Å²) in [7, 11) is 0. The Bertz CT molecular complexity index is 751. The summed E-state index contributed by atoms with van der Waals surface area (Å²) < 4.78 is 0. The Hall–Kier alpha value is -1.40. The zero-order chi connectivity index (χ0) is 21.7. The zero-order valence-corrected chi connectivity index (χ0v) is 18.8. The third-order valence-electron chi connectivity index (χ3n) is 9.81. The number of hydrazone groups is 1. The Morgan fingerprint density at radius 3 is 2.60 bits per heavy atom. The van der Waals surface area contributed by atoms with Gasteiger partial charge in [-0.15, -0.1) is 0 Å². The Kier molecular flexibility index (Phi) is 5.55. The van der Waals surface area contributed by atoms with Gasteiger partial charge in [0.05, 0.1) is 11.7 Å². The Balaban J connectivity index is 1.56. The molecule has 0 amide bonds. The Labute approximate surface area is 180 Å². The average molecular weight is 417 g/mol. The van der Waals surface area contributed by atoms with Gasteiger partial charge in [0.2, 0.25) is 5.96 Å². The van der Waals surface area contributed by atoms with E-state index in [4.69, 9.17) is 11.1 Å². The van der Waals surface area contributed by atoms with Gasteiger partial charge in [0.25, 0.3) is 0 Å². The SMILES string of the molecule is CC(/C=N\NC(=N)N)=C/[C@H]1CC[C@]2(O)[C@@H]3CC[C@@H]4C[C@@H](O)CC[C@]4(C)[C@H]3CC[C@]12C. The summed E-state index contributed by atoms with van der Waals surface area (Å²) in [5.74, 6) is 1.73. The number of rotatable bonds is 3. The third kappa shape index (κ3) is 3.31. The maximum Gasteiger partial charge on any atom is 0.206 e. The number of nitrogens with one attached hydrogen (secondary N) is 2. The van der Waals surface area contributed by atoms with Crippen LogP contribution in [0.5, 0.6) is 0 Å². The molecule has 30 heavy (non-hydrogen) atoms. The standard InChI is InChI=1S/C24H40N4O2/c1-15(14-27-28-21(25)26)12-17-6-11-24(30)20-5-4-16-13-18(29)7-9-22(16,2)19(20)8-10-23(17,24)3/h12,14,16-20,29-30H,4-11,13H2,1-3H3,(H4,25,26,28)/b15-12-,27-14-/t16-,17-,18+,19+,20-,22+,23-,24+/m1/s1. The van der Waals surface area contributed by atoms with E-state index in [2.05, 4.69) is 30.5 Å². The fourth-order valence-corrected chi connectivity index (χ4v) is 8.08. The number of allylic oxidation sites excluding steroid dienone is 2. The van der Waals surface area contributed by atoms with Gasteiger partial charge < -0.3 is 15.9 Å². The average Bonchev–Trinajstić information content (AvgIpc) is 2.93. The number of hydrogen-bond donors (Lipinski definition) is 5. The number of fused-ring (bicyclic) bond motifs is 5. The van der Waals surface area contributed by atoms with Crippen LogP contribution in [-0.2, 0) is 0 Å². The summed E-state index contributed by atoms with van der Waals surface area (Å²) in [6.45, 7) is 6.80. The van der Waals surface area contributed by atoms with Gasteiger partial charge in [-0.25, -0.2) is 5.43 Å². The molecule has 6 nitrogen and oxygen atoms in total. The molecule has 0 radical (unpaired) electrons. The van der Waals surface area contributed by atoms with Gasteiger partial charge in [0.15, 0.2) is 0 Å². The van der Waals surface area contributed by atoms with Crippen LogP contribution in [0.4, 0.5) is 0 Å². The largest absolute Gasteiger partial charge is 0.393 e. The summed E-state index contributed by atoms with van der Waals surface area (Å²) in [6.07, 6.45) is 13.2. The minimum Gasteiger partial charge on any atom is -0.393 e. The lowest BCUT2D eigenvalue weighted by molar-refractivity contribution is -0.207. The van der Waals surface area contributed by atoms with Crippen molar-refractivity contribution in [2.24, 2.45) is 45.3 Å². The highest BCUT2D eigenvalue weighted by molar-refractivity contribution is 5.80. The lowest BCUT2D eigenvalue weighted by Gasteiger charge is -2.63. The van der Waals surface area contributed by atoms with Crippen molar-refractivity contribution >= 4 is 12.2 Å². The molecule has 4 rings (SSSR count). The molecule has 0 aromatic carbocycles. The summed E-state index contributed by atoms with van der Waals surface area (Å²) in [6, 6.07) is 0. The first-order valence-electron chi connectivity index (χ1n) is 11.8. The van der Waals surface area contributed by atoms with Crippen LogP contribution < -0.4 is 11.2 Å². The van der Waals surface area contributed by atoms with Gasteiger partial charge in [0.1, 0.15) is 0 Å². The molecule has 6 N–H and O–H groups in total. The van der Waals surface area contributed by atoms with Crippen LogP contribution in [0.25, 0.3) is 0 Å². The van der Waals surface area contributed by atoms with Gasteiger partial charge in [-0.3, -0.25) is 5.41 Å². The first-order chi connectivity index (χ1) is 14.1. The second-order valence-corrected chi connectivity index (χ2v) is 11.1. The van der Waals surface area contributed by atoms with E-state index in [0.29, 0.717) is 23.7 Å². The van der Waals surface area contributed by atoms with Crippen molar-refractivity contribution in [3.05, 3.63) is 11.6 Å². The third-order valence-corrected chi connectivity index (χ3v) is 9.81. The molecule has 4 fully saturated rings. The fraction of sp³-hybridized carbons (Fsp3) is 0.833. The highest BCUT2D eigenvalue weighted by atomic mass is 16.3. The smallest absolute Gasteiger partial charge is 0.206 e. The van der Waals surface area contributed by atoms with Crippen molar-refractivity contribution < 1.29 is 10.2 Å². The Morgan fingerprint density at radius 1 is 1.10 bits per heavy atom. The van der Waals surface area contributed by atoms with Crippen LogP contribution in [0, 0.1) is 39.9 Å². The number of aliphatic hydroxyl groups excluding tert-OH is 1. The van der Waals surface area contributed by atoms with Crippen molar-refractivity contribution in [3.63, 3.8) is 0 Å². The molecule has 8 atom stereocenters. The zero-order valence-electron chi connectivity index (χ0n) is 18.8. The van der Waals surface area contributed by atoms with Crippen molar-refractivity contribution in [3.8, 4) is 0 Å². The van der Waals surface area contributed by atoms with Crippen molar-refractivity contribution in [2.75, 3.05) is 0 Å². The van der Waals surface area contributed by atoms with E-state index in [9.17, 15) is 10.2 Å². The number of nitrogens with zero attached hydrogens (tertiary/aromatic N) is 1. The molecule has 4 aliphatic carbocycles. The van der Waals surface area contributed by atoms with Crippen LogP contribution in [0.15, 0.2) is 16.8 Å². The summed E-state index contributed by atoms with van der Waals surface area (Å²) in [5, 5.41) is 33.6. The molecule has 0 aliphatic heterocycles.